The van der Waals surface area contributed by atoms with Gasteiger partial charge in [0.2, 0.25) is 0 Å². The van der Waals surface area contributed by atoms with Crippen molar-refractivity contribution in [2.45, 2.75) is 46.6 Å². The van der Waals surface area contributed by atoms with E-state index >= 15 is 0 Å². The summed E-state index contributed by atoms with van der Waals surface area (Å²) >= 11 is 0. The zero-order chi connectivity index (χ0) is 13.0. The Labute approximate surface area is 103 Å². The predicted molar refractivity (Wildman–Crippen MR) is 68.5 cm³/mol. The summed E-state index contributed by atoms with van der Waals surface area (Å²) in [7, 11) is 0. The van der Waals surface area contributed by atoms with Crippen LogP contribution in [0.2, 0.25) is 0 Å². The summed E-state index contributed by atoms with van der Waals surface area (Å²) in [6.45, 7) is 9.94. The van der Waals surface area contributed by atoms with Gasteiger partial charge in [-0.05, 0) is 48.8 Å². The van der Waals surface area contributed by atoms with Gasteiger partial charge < -0.3 is 5.11 Å². The minimum absolute atomic E-state index is 0.0518. The van der Waals surface area contributed by atoms with E-state index in [2.05, 4.69) is 19.9 Å². The lowest BCUT2D eigenvalue weighted by Crippen LogP contribution is -2.33. The lowest BCUT2D eigenvalue weighted by atomic mass is 9.67. The van der Waals surface area contributed by atoms with Crippen molar-refractivity contribution in [1.82, 2.24) is 0 Å². The monoisotopic (exact) mass is 234 g/mol. The van der Waals surface area contributed by atoms with E-state index in [1.807, 2.05) is 6.92 Å². The SMILES string of the molecule is CC1C(=O)C=C2C(C(C)(C)O)=CC(C)(C)CC21. The van der Waals surface area contributed by atoms with Gasteiger partial charge in [0.05, 0.1) is 5.60 Å². The first-order chi connectivity index (χ1) is 7.62. The van der Waals surface area contributed by atoms with Gasteiger partial charge >= 0.3 is 0 Å². The van der Waals surface area contributed by atoms with Crippen molar-refractivity contribution in [1.29, 1.82) is 0 Å². The van der Waals surface area contributed by atoms with Gasteiger partial charge in [-0.2, -0.15) is 0 Å². The molecule has 2 unspecified atom stereocenters. The van der Waals surface area contributed by atoms with Crippen molar-refractivity contribution in [3.8, 4) is 0 Å². The number of allylic oxidation sites excluding steroid dienone is 2. The molecule has 0 aromatic carbocycles. The number of hydrogen-bond acceptors (Lipinski definition) is 2. The average molecular weight is 234 g/mol. The lowest BCUT2D eigenvalue weighted by Gasteiger charge is -2.39. The van der Waals surface area contributed by atoms with Crippen LogP contribution in [-0.2, 0) is 4.79 Å². The second-order valence-electron chi connectivity index (χ2n) is 6.71. The molecule has 0 saturated carbocycles. The normalized spacial score (nSPS) is 32.0. The van der Waals surface area contributed by atoms with Crippen LogP contribution in [0.3, 0.4) is 0 Å². The molecule has 0 saturated heterocycles. The first-order valence-electron chi connectivity index (χ1n) is 6.33. The number of rotatable bonds is 1. The zero-order valence-corrected chi connectivity index (χ0v) is 11.4. The molecular formula is C15H22O2. The fourth-order valence-corrected chi connectivity index (χ4v) is 3.05. The van der Waals surface area contributed by atoms with Crippen molar-refractivity contribution in [3.05, 3.63) is 23.3 Å². The van der Waals surface area contributed by atoms with E-state index in [9.17, 15) is 9.90 Å². The molecule has 2 nitrogen and oxygen atoms in total. The molecule has 0 heterocycles. The Morgan fingerprint density at radius 1 is 1.41 bits per heavy atom. The fourth-order valence-electron chi connectivity index (χ4n) is 3.05. The Kier molecular flexibility index (Phi) is 2.62. The maximum Gasteiger partial charge on any atom is 0.159 e. The summed E-state index contributed by atoms with van der Waals surface area (Å²) < 4.78 is 0. The molecule has 0 bridgehead atoms. The van der Waals surface area contributed by atoms with E-state index in [-0.39, 0.29) is 23.0 Å². The van der Waals surface area contributed by atoms with Crippen molar-refractivity contribution >= 4 is 5.78 Å². The van der Waals surface area contributed by atoms with Gasteiger partial charge in [0, 0.05) is 5.92 Å². The molecule has 2 rings (SSSR count). The first kappa shape index (κ1) is 12.6. The molecule has 1 N–H and O–H groups in total. The van der Waals surface area contributed by atoms with Crippen LogP contribution in [0.5, 0.6) is 0 Å². The highest BCUT2D eigenvalue weighted by Crippen LogP contribution is 2.49. The quantitative estimate of drug-likeness (QED) is 0.757. The van der Waals surface area contributed by atoms with E-state index in [4.69, 9.17) is 0 Å². The molecule has 0 spiro atoms. The Hall–Kier alpha value is -0.890. The number of fused-ring (bicyclic) bond motifs is 1. The zero-order valence-electron chi connectivity index (χ0n) is 11.4. The van der Waals surface area contributed by atoms with Gasteiger partial charge in [0.25, 0.3) is 0 Å². The highest BCUT2D eigenvalue weighted by molar-refractivity contribution is 5.96. The average Bonchev–Trinajstić information content (AvgIpc) is 2.41. The van der Waals surface area contributed by atoms with Crippen LogP contribution in [0.25, 0.3) is 0 Å². The van der Waals surface area contributed by atoms with E-state index in [0.29, 0.717) is 0 Å². The maximum absolute atomic E-state index is 11.8. The summed E-state index contributed by atoms with van der Waals surface area (Å²) in [6, 6.07) is 0. The third-order valence-corrected chi connectivity index (χ3v) is 4.00. The third kappa shape index (κ3) is 2.11. The van der Waals surface area contributed by atoms with Crippen LogP contribution in [0.4, 0.5) is 0 Å². The van der Waals surface area contributed by atoms with Gasteiger partial charge in [-0.15, -0.1) is 0 Å². The maximum atomic E-state index is 11.8. The molecule has 0 amide bonds. The van der Waals surface area contributed by atoms with Crippen molar-refractivity contribution < 1.29 is 9.90 Å². The number of aliphatic hydroxyl groups is 1. The molecule has 2 atom stereocenters. The topological polar surface area (TPSA) is 37.3 Å². The van der Waals surface area contributed by atoms with E-state index in [0.717, 1.165) is 17.6 Å². The molecule has 0 radical (unpaired) electrons. The van der Waals surface area contributed by atoms with E-state index < -0.39 is 5.60 Å². The minimum Gasteiger partial charge on any atom is -0.386 e. The summed E-state index contributed by atoms with van der Waals surface area (Å²) in [4.78, 5) is 11.8. The van der Waals surface area contributed by atoms with Crippen LogP contribution < -0.4 is 0 Å². The van der Waals surface area contributed by atoms with Gasteiger partial charge in [0.15, 0.2) is 5.78 Å². The second kappa shape index (κ2) is 3.55. The van der Waals surface area contributed by atoms with Gasteiger partial charge in [-0.25, -0.2) is 0 Å². The van der Waals surface area contributed by atoms with Gasteiger partial charge in [-0.3, -0.25) is 4.79 Å². The van der Waals surface area contributed by atoms with Crippen molar-refractivity contribution in [2.75, 3.05) is 0 Å². The van der Waals surface area contributed by atoms with Crippen LogP contribution in [0.15, 0.2) is 23.3 Å². The number of carbonyl (C=O) groups excluding carboxylic acids is 1. The predicted octanol–water partition coefficient (Wildman–Crippen LogP) is 2.88. The molecule has 17 heavy (non-hydrogen) atoms. The Bertz CT molecular complexity index is 419. The van der Waals surface area contributed by atoms with Crippen molar-refractivity contribution in [3.63, 3.8) is 0 Å². The minimum atomic E-state index is -0.869. The Balaban J connectivity index is 2.52. The molecular weight excluding hydrogens is 212 g/mol. The number of ketones is 1. The largest absolute Gasteiger partial charge is 0.386 e. The second-order valence-corrected chi connectivity index (χ2v) is 6.71. The molecule has 2 heteroatoms. The molecule has 0 aromatic heterocycles. The van der Waals surface area contributed by atoms with Crippen LogP contribution in [-0.4, -0.2) is 16.5 Å². The van der Waals surface area contributed by atoms with Crippen LogP contribution >= 0.6 is 0 Å². The third-order valence-electron chi connectivity index (χ3n) is 4.00. The number of hydrogen-bond donors (Lipinski definition) is 1. The van der Waals surface area contributed by atoms with E-state index in [1.165, 1.54) is 0 Å². The highest BCUT2D eigenvalue weighted by Gasteiger charge is 2.43. The Morgan fingerprint density at radius 3 is 2.53 bits per heavy atom. The lowest BCUT2D eigenvalue weighted by molar-refractivity contribution is -0.117. The first-order valence-corrected chi connectivity index (χ1v) is 6.33. The molecule has 0 aliphatic heterocycles. The van der Waals surface area contributed by atoms with E-state index in [1.54, 1.807) is 19.9 Å². The molecule has 2 aliphatic rings. The summed E-state index contributed by atoms with van der Waals surface area (Å²) in [6.07, 6.45) is 4.88. The van der Waals surface area contributed by atoms with Crippen molar-refractivity contribution in [2.24, 2.45) is 17.3 Å². The summed E-state index contributed by atoms with van der Waals surface area (Å²) in [5.41, 5.74) is 1.19. The van der Waals surface area contributed by atoms with Gasteiger partial charge in [0.1, 0.15) is 0 Å². The molecule has 94 valence electrons. The summed E-state index contributed by atoms with van der Waals surface area (Å²) in [5.74, 6) is 0.553. The van der Waals surface area contributed by atoms with Gasteiger partial charge in [-0.1, -0.05) is 26.8 Å². The molecule has 2 aliphatic carbocycles. The summed E-state index contributed by atoms with van der Waals surface area (Å²) in [5, 5.41) is 10.3. The smallest absolute Gasteiger partial charge is 0.159 e. The van der Waals surface area contributed by atoms with Crippen LogP contribution in [0, 0.1) is 17.3 Å². The highest BCUT2D eigenvalue weighted by atomic mass is 16.3. The molecule has 0 aromatic rings. The number of carbonyl (C=O) groups is 1. The Morgan fingerprint density at radius 2 is 2.00 bits per heavy atom. The standard InChI is InChI=1S/C15H22O2/c1-9-11-7-14(2,3)8-12(15(4,5)17)10(11)6-13(9)16/h6,8-9,11,17H,7H2,1-5H3. The molecule has 0 fully saturated rings. The fraction of sp³-hybridized carbons (Fsp3) is 0.667. The van der Waals surface area contributed by atoms with Crippen LogP contribution in [0.1, 0.15) is 41.0 Å².